The number of carbonyl (C=O) groups excluding carboxylic acids is 2. The van der Waals surface area contributed by atoms with Crippen molar-refractivity contribution in [2.45, 2.75) is 51.4 Å². The lowest BCUT2D eigenvalue weighted by atomic mass is 9.72. The van der Waals surface area contributed by atoms with Crippen LogP contribution < -0.4 is 4.90 Å². The molecule has 2 heterocycles. The Morgan fingerprint density at radius 1 is 0.653 bits per heavy atom. The van der Waals surface area contributed by atoms with Crippen LogP contribution in [0.15, 0.2) is 93.8 Å². The van der Waals surface area contributed by atoms with E-state index >= 15 is 26.3 Å². The fourth-order valence-corrected chi connectivity index (χ4v) is 5.94. The second-order valence-corrected chi connectivity index (χ2v) is 11.9. The molecule has 2 aromatic heterocycles. The molecular formula is C36H27F6N3O4. The van der Waals surface area contributed by atoms with Crippen molar-refractivity contribution in [1.82, 2.24) is 9.97 Å². The van der Waals surface area contributed by atoms with Crippen molar-refractivity contribution in [3.63, 3.8) is 0 Å². The van der Waals surface area contributed by atoms with Crippen LogP contribution in [0.25, 0.3) is 45.1 Å². The average Bonchev–Trinajstić information content (AvgIpc) is 3.64. The number of hydrogen-bond acceptors (Lipinski definition) is 6. The molecule has 0 radical (unpaired) electrons. The second kappa shape index (κ2) is 11.9. The Hall–Kier alpha value is -5.46. The van der Waals surface area contributed by atoms with Crippen LogP contribution in [0.2, 0.25) is 0 Å². The van der Waals surface area contributed by atoms with E-state index in [-0.39, 0.29) is 51.1 Å². The number of halogens is 6. The minimum atomic E-state index is -5.87. The Kier molecular flexibility index (Phi) is 8.12. The van der Waals surface area contributed by atoms with Crippen LogP contribution >= 0.6 is 0 Å². The van der Waals surface area contributed by atoms with E-state index in [1.54, 1.807) is 18.2 Å². The van der Waals surface area contributed by atoms with Crippen LogP contribution in [0.3, 0.4) is 0 Å². The molecule has 0 bridgehead atoms. The van der Waals surface area contributed by atoms with E-state index in [0.29, 0.717) is 17.7 Å². The second-order valence-electron chi connectivity index (χ2n) is 11.9. The van der Waals surface area contributed by atoms with Crippen molar-refractivity contribution in [2.75, 3.05) is 4.90 Å². The molecule has 4 aromatic carbocycles. The lowest BCUT2D eigenvalue weighted by molar-refractivity contribution is -0.288. The molecule has 0 N–H and O–H groups in total. The van der Waals surface area contributed by atoms with Crippen molar-refractivity contribution < 1.29 is 44.8 Å². The molecule has 7 nitrogen and oxygen atoms in total. The number of fused-ring (bicyclic) bond motifs is 2. The number of benzene rings is 4. The number of nitrogens with zero attached hydrogens (tertiary/aromatic N) is 3. The highest BCUT2D eigenvalue weighted by Gasteiger charge is 2.72. The zero-order valence-corrected chi connectivity index (χ0v) is 26.4. The van der Waals surface area contributed by atoms with E-state index in [4.69, 9.17) is 8.83 Å². The number of amides is 2. The highest BCUT2D eigenvalue weighted by molar-refractivity contribution is 6.13. The summed E-state index contributed by atoms with van der Waals surface area (Å²) in [5, 5.41) is 0. The smallest absolute Gasteiger partial charge is 0.411 e. The number of carbonyl (C=O) groups is 2. The van der Waals surface area contributed by atoms with Crippen LogP contribution in [-0.2, 0) is 15.0 Å². The molecule has 0 aliphatic carbocycles. The van der Waals surface area contributed by atoms with E-state index in [1.807, 2.05) is 19.9 Å². The molecule has 0 unspecified atom stereocenters. The first-order valence-corrected chi connectivity index (χ1v) is 15.0. The van der Waals surface area contributed by atoms with Gasteiger partial charge in [-0.1, -0.05) is 44.2 Å². The summed E-state index contributed by atoms with van der Waals surface area (Å²) in [7, 11) is 0. The molecule has 0 aliphatic rings. The quantitative estimate of drug-likeness (QED) is 0.163. The summed E-state index contributed by atoms with van der Waals surface area (Å²) < 4.78 is 102. The zero-order valence-electron chi connectivity index (χ0n) is 26.4. The van der Waals surface area contributed by atoms with E-state index in [1.165, 1.54) is 38.1 Å². The monoisotopic (exact) mass is 679 g/mol. The third kappa shape index (κ3) is 5.72. The molecule has 0 aliphatic heterocycles. The maximum Gasteiger partial charge on any atom is 0.411 e. The number of alkyl halides is 6. The maximum atomic E-state index is 15.1. The van der Waals surface area contributed by atoms with Crippen LogP contribution in [0.1, 0.15) is 50.3 Å². The van der Waals surface area contributed by atoms with Gasteiger partial charge in [-0.05, 0) is 77.2 Å². The fraction of sp³-hybridized carbons (Fsp3) is 0.222. The summed E-state index contributed by atoms with van der Waals surface area (Å²) in [4.78, 5) is 33.4. The molecule has 0 saturated heterocycles. The summed E-state index contributed by atoms with van der Waals surface area (Å²) in [5.41, 5.74) is -5.40. The summed E-state index contributed by atoms with van der Waals surface area (Å²) in [6.45, 7) is 6.32. The van der Waals surface area contributed by atoms with Crippen molar-refractivity contribution in [1.29, 1.82) is 0 Å². The normalized spacial score (nSPS) is 12.6. The molecule has 0 spiro atoms. The highest BCUT2D eigenvalue weighted by atomic mass is 19.4. The molecular weight excluding hydrogens is 652 g/mol. The first kappa shape index (κ1) is 33.4. The molecule has 0 saturated carbocycles. The molecule has 13 heteroatoms. The third-order valence-electron chi connectivity index (χ3n) is 8.27. The first-order valence-electron chi connectivity index (χ1n) is 15.0. The van der Waals surface area contributed by atoms with Crippen molar-refractivity contribution >= 4 is 39.7 Å². The van der Waals surface area contributed by atoms with Crippen LogP contribution in [-0.4, -0.2) is 34.1 Å². The predicted molar refractivity (Wildman–Crippen MR) is 170 cm³/mol. The summed E-state index contributed by atoms with van der Waals surface area (Å²) in [6.07, 6.45) is -11.7. The van der Waals surface area contributed by atoms with E-state index in [9.17, 15) is 9.59 Å². The van der Waals surface area contributed by atoms with Gasteiger partial charge in [0.2, 0.25) is 29.0 Å². The van der Waals surface area contributed by atoms with E-state index in [2.05, 4.69) is 9.97 Å². The van der Waals surface area contributed by atoms with E-state index in [0.717, 1.165) is 34.7 Å². The molecule has 6 aromatic rings. The topological polar surface area (TPSA) is 89.4 Å². The number of imide groups is 1. The Morgan fingerprint density at radius 2 is 1.12 bits per heavy atom. The molecule has 0 atom stereocenters. The van der Waals surface area contributed by atoms with Crippen molar-refractivity contribution in [2.24, 2.45) is 0 Å². The molecule has 2 amide bonds. The lowest BCUT2D eigenvalue weighted by Crippen LogP contribution is -2.54. The standard InChI is InChI=1S/C36H27F6N3O4/c1-19(2)22-7-5-8-23(15-22)32-43-28-17-25(11-13-30(28)48-32)34(35(37,38)39,36(40,41)42)26-12-14-31-29(18-26)44-33(49-31)24-9-6-10-27(16-24)45(20(3)46)21(4)47/h5-19H,1-4H3. The van der Waals surface area contributed by atoms with Gasteiger partial charge in [-0.15, -0.1) is 0 Å². The van der Waals surface area contributed by atoms with Gasteiger partial charge in [0.1, 0.15) is 11.0 Å². The molecule has 49 heavy (non-hydrogen) atoms. The van der Waals surface area contributed by atoms with Gasteiger partial charge in [-0.2, -0.15) is 26.3 Å². The van der Waals surface area contributed by atoms with Gasteiger partial charge < -0.3 is 8.83 Å². The lowest BCUT2D eigenvalue weighted by Gasteiger charge is -2.38. The Bertz CT molecular complexity index is 2200. The molecule has 0 fully saturated rings. The van der Waals surface area contributed by atoms with Gasteiger partial charge >= 0.3 is 12.4 Å². The fourth-order valence-electron chi connectivity index (χ4n) is 5.94. The van der Waals surface area contributed by atoms with Gasteiger partial charge in [0.25, 0.3) is 0 Å². The maximum absolute atomic E-state index is 15.1. The predicted octanol–water partition coefficient (Wildman–Crippen LogP) is 9.74. The first-order chi connectivity index (χ1) is 23.0. The zero-order chi connectivity index (χ0) is 35.5. The van der Waals surface area contributed by atoms with Gasteiger partial charge in [-0.25, -0.2) is 9.97 Å². The SMILES string of the molecule is CC(=O)N(C(C)=O)c1cccc(-c2nc3cc(C(c4ccc5oc(-c6cccc(C(C)C)c6)nc5c4)(C(F)(F)F)C(F)(F)F)ccc3o2)c1. The van der Waals surface area contributed by atoms with E-state index < -0.39 is 40.7 Å². The van der Waals surface area contributed by atoms with Crippen LogP contribution in [0, 0.1) is 0 Å². The number of oxazole rings is 2. The van der Waals surface area contributed by atoms with Gasteiger partial charge in [0, 0.05) is 25.0 Å². The molecule has 252 valence electrons. The summed E-state index contributed by atoms with van der Waals surface area (Å²) in [5.74, 6) is -1.08. The summed E-state index contributed by atoms with van der Waals surface area (Å²) in [6, 6.07) is 17.9. The Labute approximate surface area is 275 Å². The van der Waals surface area contributed by atoms with Crippen LogP contribution in [0.5, 0.6) is 0 Å². The highest BCUT2D eigenvalue weighted by Crippen LogP contribution is 2.57. The van der Waals surface area contributed by atoms with Gasteiger partial charge in [0.05, 0.1) is 5.69 Å². The minimum Gasteiger partial charge on any atom is -0.436 e. The minimum absolute atomic E-state index is 0.0129. The number of anilines is 1. The van der Waals surface area contributed by atoms with Gasteiger partial charge in [-0.3, -0.25) is 14.5 Å². The summed E-state index contributed by atoms with van der Waals surface area (Å²) >= 11 is 0. The van der Waals surface area contributed by atoms with Crippen molar-refractivity contribution in [3.05, 3.63) is 102 Å². The Morgan fingerprint density at radius 3 is 1.57 bits per heavy atom. The number of aromatic nitrogens is 2. The average molecular weight is 680 g/mol. The van der Waals surface area contributed by atoms with Crippen molar-refractivity contribution in [3.8, 4) is 22.9 Å². The van der Waals surface area contributed by atoms with Gasteiger partial charge in [0.15, 0.2) is 11.2 Å². The third-order valence-corrected chi connectivity index (χ3v) is 8.27. The molecule has 6 rings (SSSR count). The van der Waals surface area contributed by atoms with Crippen LogP contribution in [0.4, 0.5) is 32.0 Å². The Balaban J connectivity index is 1.48. The largest absolute Gasteiger partial charge is 0.436 e. The number of hydrogen-bond donors (Lipinski definition) is 0. The number of rotatable bonds is 6.